The Hall–Kier alpha value is -4.06. The van der Waals surface area contributed by atoms with Crippen LogP contribution >= 0.6 is 11.3 Å². The quantitative estimate of drug-likeness (QED) is 0.200. The molecule has 0 unspecified atom stereocenters. The van der Waals surface area contributed by atoms with Crippen molar-refractivity contribution in [2.75, 3.05) is 11.1 Å². The maximum Gasteiger partial charge on any atom is 0.343 e. The van der Waals surface area contributed by atoms with Crippen molar-refractivity contribution in [1.82, 2.24) is 4.98 Å². The third kappa shape index (κ3) is 5.29. The first kappa shape index (κ1) is 23.1. The summed E-state index contributed by atoms with van der Waals surface area (Å²) in [4.78, 5) is 29.6. The fourth-order valence-corrected chi connectivity index (χ4v) is 4.33. The van der Waals surface area contributed by atoms with Gasteiger partial charge in [-0.2, -0.15) is 0 Å². The lowest BCUT2D eigenvalue weighted by atomic mass is 10.1. The lowest BCUT2D eigenvalue weighted by Crippen LogP contribution is -2.11. The van der Waals surface area contributed by atoms with Crippen LogP contribution in [0.25, 0.3) is 0 Å². The van der Waals surface area contributed by atoms with E-state index in [1.807, 2.05) is 6.07 Å². The van der Waals surface area contributed by atoms with Gasteiger partial charge in [-0.15, -0.1) is 0 Å². The van der Waals surface area contributed by atoms with Gasteiger partial charge in [0, 0.05) is 11.3 Å². The third-order valence-corrected chi connectivity index (χ3v) is 6.54. The standard InChI is InChI=1S/C23H18N4O5S2/c24-21-20(33-23(27-21)26-16-10-12-18(13-11-16)34(25,30)31)19(28)14-6-8-15(9-7-14)22(29)32-17-4-2-1-3-5-17/h1-13H,24H2,(H,26,27)(H2,25,30,31). The van der Waals surface area contributed by atoms with Gasteiger partial charge in [-0.1, -0.05) is 41.7 Å². The molecule has 34 heavy (non-hydrogen) atoms. The minimum Gasteiger partial charge on any atom is -0.423 e. The van der Waals surface area contributed by atoms with Crippen molar-refractivity contribution in [3.8, 4) is 5.75 Å². The Kier molecular flexibility index (Phi) is 6.41. The van der Waals surface area contributed by atoms with Gasteiger partial charge in [0.2, 0.25) is 15.8 Å². The molecule has 3 aromatic carbocycles. The van der Waals surface area contributed by atoms with Crippen LogP contribution in [-0.4, -0.2) is 25.2 Å². The number of thiazole rings is 1. The molecule has 0 saturated carbocycles. The van der Waals surface area contributed by atoms with Crippen molar-refractivity contribution in [1.29, 1.82) is 0 Å². The number of benzene rings is 3. The molecule has 0 radical (unpaired) electrons. The zero-order valence-electron chi connectivity index (χ0n) is 17.5. The van der Waals surface area contributed by atoms with Gasteiger partial charge in [-0.3, -0.25) is 4.79 Å². The van der Waals surface area contributed by atoms with Gasteiger partial charge in [0.15, 0.2) is 5.13 Å². The fourth-order valence-electron chi connectivity index (χ4n) is 2.94. The Labute approximate surface area is 199 Å². The van der Waals surface area contributed by atoms with Crippen molar-refractivity contribution in [2.45, 2.75) is 4.90 Å². The molecule has 0 aliphatic rings. The maximum atomic E-state index is 12.9. The second kappa shape index (κ2) is 9.43. The molecular weight excluding hydrogens is 476 g/mol. The highest BCUT2D eigenvalue weighted by molar-refractivity contribution is 7.89. The number of carbonyl (C=O) groups excluding carboxylic acids is 2. The molecule has 0 amide bonds. The van der Waals surface area contributed by atoms with Crippen LogP contribution in [0.1, 0.15) is 25.6 Å². The summed E-state index contributed by atoms with van der Waals surface area (Å²) in [7, 11) is -3.80. The van der Waals surface area contributed by atoms with E-state index in [-0.39, 0.29) is 21.4 Å². The largest absolute Gasteiger partial charge is 0.423 e. The Balaban J connectivity index is 1.46. The van der Waals surface area contributed by atoms with Gasteiger partial charge in [0.1, 0.15) is 16.4 Å². The number of aromatic nitrogens is 1. The van der Waals surface area contributed by atoms with Crippen molar-refractivity contribution < 1.29 is 22.7 Å². The van der Waals surface area contributed by atoms with E-state index in [0.717, 1.165) is 11.3 Å². The van der Waals surface area contributed by atoms with Crippen LogP contribution in [0.3, 0.4) is 0 Å². The number of ketones is 1. The van der Waals surface area contributed by atoms with Crippen molar-refractivity contribution in [3.05, 3.63) is 94.9 Å². The number of hydrogen-bond donors (Lipinski definition) is 3. The smallest absolute Gasteiger partial charge is 0.343 e. The second-order valence-corrected chi connectivity index (χ2v) is 9.60. The van der Waals surface area contributed by atoms with Gasteiger partial charge in [0.25, 0.3) is 0 Å². The van der Waals surface area contributed by atoms with E-state index in [9.17, 15) is 18.0 Å². The zero-order valence-corrected chi connectivity index (χ0v) is 19.1. The number of ether oxygens (including phenoxy) is 1. The van der Waals surface area contributed by atoms with Gasteiger partial charge in [0.05, 0.1) is 10.5 Å². The van der Waals surface area contributed by atoms with Crippen LogP contribution in [0.15, 0.2) is 83.8 Å². The average molecular weight is 495 g/mol. The number of rotatable bonds is 7. The minimum absolute atomic E-state index is 0.0244. The number of hydrogen-bond acceptors (Lipinski definition) is 9. The molecule has 0 spiro atoms. The Morgan fingerprint density at radius 1 is 0.882 bits per heavy atom. The number of primary sulfonamides is 1. The number of esters is 1. The number of para-hydroxylation sites is 1. The van der Waals surface area contributed by atoms with Crippen LogP contribution in [0.2, 0.25) is 0 Å². The molecule has 0 aliphatic heterocycles. The van der Waals surface area contributed by atoms with E-state index >= 15 is 0 Å². The first-order valence-corrected chi connectivity index (χ1v) is 12.2. The van der Waals surface area contributed by atoms with E-state index in [1.54, 1.807) is 24.3 Å². The van der Waals surface area contributed by atoms with Crippen molar-refractivity contribution in [3.63, 3.8) is 0 Å². The normalized spacial score (nSPS) is 11.1. The van der Waals surface area contributed by atoms with Crippen molar-refractivity contribution >= 4 is 49.7 Å². The van der Waals surface area contributed by atoms with Crippen LogP contribution < -0.4 is 20.9 Å². The maximum absolute atomic E-state index is 12.9. The van der Waals surface area contributed by atoms with Gasteiger partial charge in [-0.05, 0) is 48.5 Å². The molecule has 9 nitrogen and oxygen atoms in total. The summed E-state index contributed by atoms with van der Waals surface area (Å²) < 4.78 is 28.0. The SMILES string of the molecule is Nc1nc(Nc2ccc(S(N)(=O)=O)cc2)sc1C(=O)c1ccc(C(=O)Oc2ccccc2)cc1. The topological polar surface area (TPSA) is 154 Å². The summed E-state index contributed by atoms with van der Waals surface area (Å²) in [6.45, 7) is 0. The Morgan fingerprint density at radius 2 is 1.50 bits per heavy atom. The van der Waals surface area contributed by atoms with Crippen LogP contribution in [0.5, 0.6) is 5.75 Å². The number of nitrogens with zero attached hydrogens (tertiary/aromatic N) is 1. The van der Waals surface area contributed by atoms with Crippen LogP contribution in [0, 0.1) is 0 Å². The highest BCUT2D eigenvalue weighted by Crippen LogP contribution is 2.30. The van der Waals surface area contributed by atoms with Gasteiger partial charge < -0.3 is 15.8 Å². The molecule has 0 atom stereocenters. The molecule has 0 saturated heterocycles. The summed E-state index contributed by atoms with van der Waals surface area (Å²) in [6.07, 6.45) is 0. The lowest BCUT2D eigenvalue weighted by Gasteiger charge is -2.05. The summed E-state index contributed by atoms with van der Waals surface area (Å²) in [6, 6.07) is 20.4. The number of nitrogen functional groups attached to an aromatic ring is 1. The van der Waals surface area contributed by atoms with E-state index in [1.165, 1.54) is 48.5 Å². The first-order chi connectivity index (χ1) is 16.2. The predicted octanol–water partition coefficient (Wildman–Crippen LogP) is 3.57. The second-order valence-electron chi connectivity index (χ2n) is 7.04. The number of nitrogens with one attached hydrogen (secondary N) is 1. The van der Waals surface area contributed by atoms with E-state index in [2.05, 4.69) is 10.3 Å². The molecule has 4 aromatic rings. The van der Waals surface area contributed by atoms with Crippen molar-refractivity contribution in [2.24, 2.45) is 5.14 Å². The molecule has 4 rings (SSSR count). The van der Waals surface area contributed by atoms with E-state index in [4.69, 9.17) is 15.6 Å². The summed E-state index contributed by atoms with van der Waals surface area (Å²) in [5, 5.41) is 8.42. The van der Waals surface area contributed by atoms with Gasteiger partial charge >= 0.3 is 5.97 Å². The zero-order chi connectivity index (χ0) is 24.3. The summed E-state index contributed by atoms with van der Waals surface area (Å²) >= 11 is 1.05. The Morgan fingerprint density at radius 3 is 2.12 bits per heavy atom. The highest BCUT2D eigenvalue weighted by Gasteiger charge is 2.19. The molecule has 172 valence electrons. The van der Waals surface area contributed by atoms with E-state index in [0.29, 0.717) is 27.7 Å². The molecule has 0 aliphatic carbocycles. The number of anilines is 3. The first-order valence-electron chi connectivity index (χ1n) is 9.79. The lowest BCUT2D eigenvalue weighted by molar-refractivity contribution is 0.0734. The summed E-state index contributed by atoms with van der Waals surface area (Å²) in [5.74, 6) is -0.423. The molecular formula is C23H18N4O5S2. The molecule has 0 bridgehead atoms. The molecule has 0 fully saturated rings. The van der Waals surface area contributed by atoms with Gasteiger partial charge in [-0.25, -0.2) is 23.3 Å². The molecule has 1 aromatic heterocycles. The minimum atomic E-state index is -3.80. The highest BCUT2D eigenvalue weighted by atomic mass is 32.2. The Bertz CT molecular complexity index is 1450. The molecule has 11 heteroatoms. The number of carbonyl (C=O) groups is 2. The predicted molar refractivity (Wildman–Crippen MR) is 129 cm³/mol. The molecule has 1 heterocycles. The molecule has 5 N–H and O–H groups in total. The van der Waals surface area contributed by atoms with E-state index < -0.39 is 16.0 Å². The summed E-state index contributed by atoms with van der Waals surface area (Å²) in [5.41, 5.74) is 7.11. The third-order valence-electron chi connectivity index (χ3n) is 4.63. The van der Waals surface area contributed by atoms with Crippen LogP contribution in [-0.2, 0) is 10.0 Å². The monoisotopic (exact) mass is 494 g/mol. The average Bonchev–Trinajstić information content (AvgIpc) is 3.19. The fraction of sp³-hybridized carbons (Fsp3) is 0. The number of nitrogens with two attached hydrogens (primary N) is 2. The number of sulfonamides is 1. The van der Waals surface area contributed by atoms with Crippen LogP contribution in [0.4, 0.5) is 16.6 Å².